The van der Waals surface area contributed by atoms with Gasteiger partial charge in [0.1, 0.15) is 11.3 Å². The average Bonchev–Trinajstić information content (AvgIpc) is 2.41. The van der Waals surface area contributed by atoms with Crippen molar-refractivity contribution < 1.29 is 19.7 Å². The number of halogens is 1. The maximum absolute atomic E-state index is 11.2. The highest BCUT2D eigenvalue weighted by Crippen LogP contribution is 2.35. The van der Waals surface area contributed by atoms with E-state index in [9.17, 15) is 4.79 Å². The van der Waals surface area contributed by atoms with Crippen LogP contribution in [0.1, 0.15) is 15.9 Å². The second-order valence-electron chi connectivity index (χ2n) is 4.09. The Bertz CT molecular complexity index is 658. The summed E-state index contributed by atoms with van der Waals surface area (Å²) in [6.07, 6.45) is 0. The molecule has 20 heavy (non-hydrogen) atoms. The molecule has 0 fully saturated rings. The first kappa shape index (κ1) is 14.2. The second kappa shape index (κ2) is 5.81. The number of ether oxygens (including phenoxy) is 1. The number of carboxylic acid groups (broad SMARTS) is 1. The molecule has 104 valence electrons. The number of aliphatic hydroxyl groups is 1. The van der Waals surface area contributed by atoms with Crippen LogP contribution >= 0.6 is 11.6 Å². The van der Waals surface area contributed by atoms with Gasteiger partial charge in [0.25, 0.3) is 0 Å². The van der Waals surface area contributed by atoms with Crippen LogP contribution in [0.3, 0.4) is 0 Å². The third-order valence-corrected chi connectivity index (χ3v) is 2.88. The molecular weight excluding hydrogens is 282 g/mol. The molecule has 0 bridgehead atoms. The van der Waals surface area contributed by atoms with Gasteiger partial charge in [-0.1, -0.05) is 23.7 Å². The van der Waals surface area contributed by atoms with Crippen molar-refractivity contribution in [3.05, 3.63) is 52.5 Å². The highest BCUT2D eigenvalue weighted by Gasteiger charge is 2.17. The predicted molar refractivity (Wildman–Crippen MR) is 75.3 cm³/mol. The van der Waals surface area contributed by atoms with Crippen LogP contribution in [0.4, 0.5) is 5.69 Å². The normalized spacial score (nSPS) is 10.3. The van der Waals surface area contributed by atoms with Gasteiger partial charge in [-0.15, -0.1) is 0 Å². The molecule has 2 aromatic rings. The third kappa shape index (κ3) is 3.01. The molecule has 0 heterocycles. The quantitative estimate of drug-likeness (QED) is 0.754. The third-order valence-electron chi connectivity index (χ3n) is 2.60. The van der Waals surface area contributed by atoms with E-state index in [4.69, 9.17) is 32.3 Å². The largest absolute Gasteiger partial charge is 0.478 e. The molecule has 0 unspecified atom stereocenters. The lowest BCUT2D eigenvalue weighted by atomic mass is 10.1. The van der Waals surface area contributed by atoms with Crippen LogP contribution in [0.15, 0.2) is 36.4 Å². The molecule has 2 rings (SSSR count). The number of aliphatic hydroxyl groups excluding tert-OH is 1. The summed E-state index contributed by atoms with van der Waals surface area (Å²) in [5, 5.41) is 18.3. The number of aromatic carboxylic acids is 1. The van der Waals surface area contributed by atoms with Crippen molar-refractivity contribution >= 4 is 23.3 Å². The Labute approximate surface area is 120 Å². The lowest BCUT2D eigenvalue weighted by Gasteiger charge is -2.12. The fourth-order valence-electron chi connectivity index (χ4n) is 1.70. The Balaban J connectivity index is 2.44. The Morgan fingerprint density at radius 1 is 1.30 bits per heavy atom. The lowest BCUT2D eigenvalue weighted by molar-refractivity contribution is 0.0694. The number of anilines is 1. The number of carbonyl (C=O) groups is 1. The van der Waals surface area contributed by atoms with E-state index in [0.717, 1.165) is 0 Å². The van der Waals surface area contributed by atoms with E-state index in [2.05, 4.69) is 0 Å². The summed E-state index contributed by atoms with van der Waals surface area (Å²) in [6.45, 7) is -0.140. The van der Waals surface area contributed by atoms with Gasteiger partial charge in [0.15, 0.2) is 5.75 Å². The van der Waals surface area contributed by atoms with Gasteiger partial charge >= 0.3 is 5.97 Å². The van der Waals surface area contributed by atoms with E-state index < -0.39 is 5.97 Å². The predicted octanol–water partition coefficient (Wildman–Crippen LogP) is 2.91. The summed E-state index contributed by atoms with van der Waals surface area (Å²) in [7, 11) is 0. The van der Waals surface area contributed by atoms with Crippen molar-refractivity contribution in [1.82, 2.24) is 0 Å². The molecule has 2 aromatic carbocycles. The van der Waals surface area contributed by atoms with E-state index >= 15 is 0 Å². The lowest BCUT2D eigenvalue weighted by Crippen LogP contribution is -2.02. The maximum atomic E-state index is 11.2. The minimum atomic E-state index is -1.19. The first-order chi connectivity index (χ1) is 9.51. The Hall–Kier alpha value is -2.24. The standard InChI is InChI=1S/C14H12ClNO4/c15-12-6-9(16)5-11(14(18)19)13(12)20-10-3-1-2-8(4-10)7-17/h1-6,17H,7,16H2,(H,18,19). The first-order valence-corrected chi connectivity index (χ1v) is 6.09. The van der Waals surface area contributed by atoms with E-state index in [-0.39, 0.29) is 28.6 Å². The molecule has 0 amide bonds. The fraction of sp³-hybridized carbons (Fsp3) is 0.0714. The van der Waals surface area contributed by atoms with Gasteiger partial charge in [0, 0.05) is 5.69 Å². The molecule has 0 saturated heterocycles. The maximum Gasteiger partial charge on any atom is 0.339 e. The van der Waals surface area contributed by atoms with Crippen molar-refractivity contribution in [3.8, 4) is 11.5 Å². The summed E-state index contributed by atoms with van der Waals surface area (Å²) >= 11 is 5.98. The van der Waals surface area contributed by atoms with E-state index in [1.807, 2.05) is 0 Å². The number of hydrogen-bond donors (Lipinski definition) is 3. The summed E-state index contributed by atoms with van der Waals surface area (Å²) in [5.41, 5.74) is 6.33. The minimum Gasteiger partial charge on any atom is -0.478 e. The Morgan fingerprint density at radius 3 is 2.70 bits per heavy atom. The van der Waals surface area contributed by atoms with Crippen molar-refractivity contribution in [2.45, 2.75) is 6.61 Å². The van der Waals surface area contributed by atoms with E-state index in [1.54, 1.807) is 24.3 Å². The van der Waals surface area contributed by atoms with Gasteiger partial charge in [-0.2, -0.15) is 0 Å². The summed E-state index contributed by atoms with van der Waals surface area (Å²) in [5.74, 6) is -0.790. The molecule has 0 saturated carbocycles. The highest BCUT2D eigenvalue weighted by molar-refractivity contribution is 6.33. The summed E-state index contributed by atoms with van der Waals surface area (Å²) in [4.78, 5) is 11.2. The monoisotopic (exact) mass is 293 g/mol. The van der Waals surface area contributed by atoms with Gasteiger partial charge < -0.3 is 20.7 Å². The summed E-state index contributed by atoms with van der Waals surface area (Å²) < 4.78 is 5.52. The fourth-order valence-corrected chi connectivity index (χ4v) is 1.97. The number of rotatable bonds is 4. The van der Waals surface area contributed by atoms with E-state index in [1.165, 1.54) is 12.1 Å². The molecule has 0 aliphatic heterocycles. The van der Waals surface area contributed by atoms with Crippen LogP contribution < -0.4 is 10.5 Å². The van der Waals surface area contributed by atoms with Crippen molar-refractivity contribution in [2.75, 3.05) is 5.73 Å². The minimum absolute atomic E-state index is 0.0171. The highest BCUT2D eigenvalue weighted by atomic mass is 35.5. The van der Waals surface area contributed by atoms with Crippen LogP contribution in [0.2, 0.25) is 5.02 Å². The SMILES string of the molecule is Nc1cc(Cl)c(Oc2cccc(CO)c2)c(C(=O)O)c1. The zero-order valence-corrected chi connectivity index (χ0v) is 11.1. The molecule has 0 atom stereocenters. The first-order valence-electron chi connectivity index (χ1n) is 5.71. The van der Waals surface area contributed by atoms with Gasteiger partial charge in [-0.3, -0.25) is 0 Å². The van der Waals surface area contributed by atoms with Gasteiger partial charge in [0.2, 0.25) is 0 Å². The number of nitrogen functional groups attached to an aromatic ring is 1. The number of carboxylic acids is 1. The van der Waals surface area contributed by atoms with Crippen LogP contribution in [0.25, 0.3) is 0 Å². The molecule has 6 heteroatoms. The number of benzene rings is 2. The second-order valence-corrected chi connectivity index (χ2v) is 4.50. The topological polar surface area (TPSA) is 92.8 Å². The molecule has 4 N–H and O–H groups in total. The van der Waals surface area contributed by atoms with Crippen LogP contribution in [0, 0.1) is 0 Å². The molecule has 0 aromatic heterocycles. The van der Waals surface area contributed by atoms with Crippen LogP contribution in [0.5, 0.6) is 11.5 Å². The summed E-state index contributed by atoms with van der Waals surface area (Å²) in [6, 6.07) is 9.33. The Kier molecular flexibility index (Phi) is 4.12. The van der Waals surface area contributed by atoms with Crippen LogP contribution in [-0.2, 0) is 6.61 Å². The Morgan fingerprint density at radius 2 is 2.05 bits per heavy atom. The zero-order valence-electron chi connectivity index (χ0n) is 10.3. The van der Waals surface area contributed by atoms with Gasteiger partial charge in [0.05, 0.1) is 11.6 Å². The molecule has 0 spiro atoms. The van der Waals surface area contributed by atoms with E-state index in [0.29, 0.717) is 11.3 Å². The van der Waals surface area contributed by atoms with Crippen molar-refractivity contribution in [3.63, 3.8) is 0 Å². The average molecular weight is 294 g/mol. The molecule has 0 radical (unpaired) electrons. The van der Waals surface area contributed by atoms with Gasteiger partial charge in [-0.25, -0.2) is 4.79 Å². The number of nitrogens with two attached hydrogens (primary N) is 1. The molecule has 0 aliphatic rings. The zero-order chi connectivity index (χ0) is 14.7. The van der Waals surface area contributed by atoms with Gasteiger partial charge in [-0.05, 0) is 29.8 Å². The molecule has 0 aliphatic carbocycles. The molecular formula is C14H12ClNO4. The van der Waals surface area contributed by atoms with Crippen LogP contribution in [-0.4, -0.2) is 16.2 Å². The number of hydrogen-bond acceptors (Lipinski definition) is 4. The van der Waals surface area contributed by atoms with Crippen molar-refractivity contribution in [1.29, 1.82) is 0 Å². The smallest absolute Gasteiger partial charge is 0.339 e. The molecule has 5 nitrogen and oxygen atoms in total. The van der Waals surface area contributed by atoms with Crippen molar-refractivity contribution in [2.24, 2.45) is 0 Å².